The molecule has 0 saturated carbocycles. The maximum absolute atomic E-state index is 13.4. The van der Waals surface area contributed by atoms with Crippen LogP contribution < -0.4 is 5.43 Å². The number of nitrogens with zero attached hydrogens (tertiary/aromatic N) is 5. The van der Waals surface area contributed by atoms with Gasteiger partial charge in [0.2, 0.25) is 11.3 Å². The number of halogens is 3. The van der Waals surface area contributed by atoms with Gasteiger partial charge in [0.25, 0.3) is 5.91 Å². The third-order valence-corrected chi connectivity index (χ3v) is 4.29. The fraction of sp³-hybridized carbons (Fsp3) is 0.316. The van der Waals surface area contributed by atoms with Crippen molar-refractivity contribution >= 4 is 5.91 Å². The Kier molecular flexibility index (Phi) is 5.72. The maximum Gasteiger partial charge on any atom is 0.418 e. The van der Waals surface area contributed by atoms with E-state index in [1.54, 1.807) is 0 Å². The first kappa shape index (κ1) is 21.2. The van der Waals surface area contributed by atoms with E-state index in [0.717, 1.165) is 21.7 Å². The fourth-order valence-corrected chi connectivity index (χ4v) is 2.79. The van der Waals surface area contributed by atoms with Gasteiger partial charge in [0.05, 0.1) is 11.3 Å². The zero-order valence-corrected chi connectivity index (χ0v) is 16.4. The van der Waals surface area contributed by atoms with E-state index >= 15 is 0 Å². The predicted octanol–water partition coefficient (Wildman–Crippen LogP) is 2.78. The normalized spacial score (nSPS) is 11.5. The predicted molar refractivity (Wildman–Crippen MR) is 99.0 cm³/mol. The quantitative estimate of drug-likeness (QED) is 0.629. The van der Waals surface area contributed by atoms with Crippen molar-refractivity contribution in [2.24, 2.45) is 0 Å². The zero-order chi connectivity index (χ0) is 22.1. The third kappa shape index (κ3) is 4.24. The van der Waals surface area contributed by atoms with Crippen LogP contribution in [-0.2, 0) is 19.1 Å². The number of aryl methyl sites for hydroxylation is 2. The molecule has 0 atom stereocenters. The minimum absolute atomic E-state index is 0.0834. The van der Waals surface area contributed by atoms with Crippen LogP contribution in [0.25, 0.3) is 5.69 Å². The summed E-state index contributed by atoms with van der Waals surface area (Å²) in [5, 5.41) is 7.67. The molecule has 0 unspecified atom stereocenters. The van der Waals surface area contributed by atoms with Gasteiger partial charge in [-0.05, 0) is 19.1 Å². The Morgan fingerprint density at radius 3 is 2.60 bits per heavy atom. The standard InChI is InChI=1S/C19H18F3N5O3/c1-4-15-23-16(30-25-15)10-26(3)18(29)17-14(28)9-11(2)27(24-17)13-8-6-5-7-12(13)19(20,21)22/h5-9H,4,10H2,1-3H3. The molecular weight excluding hydrogens is 403 g/mol. The molecule has 1 amide bonds. The molecule has 3 aromatic rings. The Morgan fingerprint density at radius 2 is 1.97 bits per heavy atom. The summed E-state index contributed by atoms with van der Waals surface area (Å²) in [6.45, 7) is 3.19. The van der Waals surface area contributed by atoms with Gasteiger partial charge in [-0.3, -0.25) is 9.59 Å². The molecule has 0 aliphatic carbocycles. The van der Waals surface area contributed by atoms with E-state index in [0.29, 0.717) is 12.2 Å². The van der Waals surface area contributed by atoms with Crippen molar-refractivity contribution in [3.63, 3.8) is 0 Å². The van der Waals surface area contributed by atoms with Crippen molar-refractivity contribution in [1.82, 2.24) is 24.8 Å². The smallest absolute Gasteiger partial charge is 0.337 e. The van der Waals surface area contributed by atoms with Crippen LogP contribution in [0.3, 0.4) is 0 Å². The summed E-state index contributed by atoms with van der Waals surface area (Å²) < 4.78 is 46.2. The van der Waals surface area contributed by atoms with E-state index in [-0.39, 0.29) is 23.8 Å². The first-order valence-corrected chi connectivity index (χ1v) is 8.96. The second kappa shape index (κ2) is 8.09. The highest BCUT2D eigenvalue weighted by Gasteiger charge is 2.34. The number of hydrogen-bond acceptors (Lipinski definition) is 6. The molecule has 0 saturated heterocycles. The highest BCUT2D eigenvalue weighted by atomic mass is 19.4. The summed E-state index contributed by atoms with van der Waals surface area (Å²) in [6.07, 6.45) is -4.09. The van der Waals surface area contributed by atoms with Crippen molar-refractivity contribution < 1.29 is 22.5 Å². The molecule has 0 N–H and O–H groups in total. The van der Waals surface area contributed by atoms with Gasteiger partial charge < -0.3 is 9.42 Å². The van der Waals surface area contributed by atoms with E-state index in [1.807, 2.05) is 6.92 Å². The number of alkyl halides is 3. The minimum atomic E-state index is -4.64. The summed E-state index contributed by atoms with van der Waals surface area (Å²) in [6, 6.07) is 5.86. The van der Waals surface area contributed by atoms with Gasteiger partial charge in [0.1, 0.15) is 6.54 Å². The molecular formula is C19H18F3N5O3. The average molecular weight is 421 g/mol. The second-order valence-corrected chi connectivity index (χ2v) is 6.54. The van der Waals surface area contributed by atoms with Crippen molar-refractivity contribution in [2.45, 2.75) is 33.0 Å². The SMILES string of the molecule is CCc1noc(CN(C)C(=O)c2nn(-c3ccccc3C(F)(F)F)c(C)cc2=O)n1. The van der Waals surface area contributed by atoms with E-state index in [1.165, 1.54) is 32.2 Å². The maximum atomic E-state index is 13.4. The van der Waals surface area contributed by atoms with Crippen molar-refractivity contribution in [3.05, 3.63) is 69.2 Å². The first-order valence-electron chi connectivity index (χ1n) is 8.96. The number of amides is 1. The van der Waals surface area contributed by atoms with Crippen LogP contribution in [0.4, 0.5) is 13.2 Å². The van der Waals surface area contributed by atoms with Crippen LogP contribution in [0.15, 0.2) is 39.6 Å². The molecule has 1 aromatic carbocycles. The highest BCUT2D eigenvalue weighted by Crippen LogP contribution is 2.33. The lowest BCUT2D eigenvalue weighted by Crippen LogP contribution is -2.33. The number of para-hydroxylation sites is 1. The Morgan fingerprint density at radius 1 is 1.27 bits per heavy atom. The largest absolute Gasteiger partial charge is 0.418 e. The van der Waals surface area contributed by atoms with Crippen LogP contribution in [0, 0.1) is 6.92 Å². The summed E-state index contributed by atoms with van der Waals surface area (Å²) in [7, 11) is 1.40. The zero-order valence-electron chi connectivity index (χ0n) is 16.4. The van der Waals surface area contributed by atoms with Crippen molar-refractivity contribution in [1.29, 1.82) is 0 Å². The molecule has 8 nitrogen and oxygen atoms in total. The van der Waals surface area contributed by atoms with E-state index in [4.69, 9.17) is 4.52 Å². The van der Waals surface area contributed by atoms with E-state index < -0.39 is 28.8 Å². The molecule has 0 bridgehead atoms. The van der Waals surface area contributed by atoms with Crippen molar-refractivity contribution in [3.8, 4) is 5.69 Å². The molecule has 30 heavy (non-hydrogen) atoms. The monoisotopic (exact) mass is 421 g/mol. The van der Waals surface area contributed by atoms with Crippen LogP contribution in [0.2, 0.25) is 0 Å². The summed E-state index contributed by atoms with van der Waals surface area (Å²) in [5.74, 6) is -0.155. The average Bonchev–Trinajstić information content (AvgIpc) is 3.14. The van der Waals surface area contributed by atoms with Crippen LogP contribution >= 0.6 is 0 Å². The Bertz CT molecular complexity index is 1140. The first-order chi connectivity index (χ1) is 14.1. The topological polar surface area (TPSA) is 94.1 Å². The third-order valence-electron chi connectivity index (χ3n) is 4.29. The highest BCUT2D eigenvalue weighted by molar-refractivity contribution is 5.91. The lowest BCUT2D eigenvalue weighted by atomic mass is 10.1. The number of carbonyl (C=O) groups excluding carboxylic acids is 1. The van der Waals surface area contributed by atoms with E-state index in [2.05, 4.69) is 15.2 Å². The molecule has 0 fully saturated rings. The fourth-order valence-electron chi connectivity index (χ4n) is 2.79. The minimum Gasteiger partial charge on any atom is -0.337 e. The van der Waals surface area contributed by atoms with Gasteiger partial charge in [-0.2, -0.15) is 23.3 Å². The van der Waals surface area contributed by atoms with Gasteiger partial charge in [-0.1, -0.05) is 24.2 Å². The summed E-state index contributed by atoms with van der Waals surface area (Å²) in [5.41, 5.74) is -2.29. The van der Waals surface area contributed by atoms with Gasteiger partial charge in [0.15, 0.2) is 11.5 Å². The number of rotatable bonds is 5. The second-order valence-electron chi connectivity index (χ2n) is 6.54. The molecule has 158 valence electrons. The molecule has 3 rings (SSSR count). The Hall–Kier alpha value is -3.50. The number of benzene rings is 1. The van der Waals surface area contributed by atoms with Gasteiger partial charge >= 0.3 is 6.18 Å². The molecule has 0 spiro atoms. The van der Waals surface area contributed by atoms with Crippen LogP contribution in [0.5, 0.6) is 0 Å². The lowest BCUT2D eigenvalue weighted by Gasteiger charge is -2.18. The molecule has 0 radical (unpaired) electrons. The van der Waals surface area contributed by atoms with Crippen molar-refractivity contribution in [2.75, 3.05) is 7.05 Å². The summed E-state index contributed by atoms with van der Waals surface area (Å²) >= 11 is 0. The number of carbonyl (C=O) groups is 1. The van der Waals surface area contributed by atoms with Crippen LogP contribution in [-0.4, -0.2) is 37.8 Å². The van der Waals surface area contributed by atoms with Gasteiger partial charge in [-0.25, -0.2) is 4.68 Å². The Balaban J connectivity index is 2.00. The van der Waals surface area contributed by atoms with E-state index in [9.17, 15) is 22.8 Å². The van der Waals surface area contributed by atoms with Gasteiger partial charge in [-0.15, -0.1) is 0 Å². The molecule has 2 aromatic heterocycles. The molecule has 0 aliphatic rings. The summed E-state index contributed by atoms with van der Waals surface area (Å²) in [4.78, 5) is 30.3. The Labute approximate surface area is 168 Å². The molecule has 11 heteroatoms. The lowest BCUT2D eigenvalue weighted by molar-refractivity contribution is -0.137. The van der Waals surface area contributed by atoms with Gasteiger partial charge in [0, 0.05) is 25.2 Å². The number of aromatic nitrogens is 4. The van der Waals surface area contributed by atoms with Crippen LogP contribution in [0.1, 0.15) is 40.4 Å². The molecule has 0 aliphatic heterocycles. The molecule has 2 heterocycles. The number of hydrogen-bond donors (Lipinski definition) is 0.